The molecule has 102 valence electrons. The van der Waals surface area contributed by atoms with Gasteiger partial charge in [-0.05, 0) is 32.9 Å². The van der Waals surface area contributed by atoms with Crippen LogP contribution in [0.5, 0.6) is 0 Å². The third-order valence-electron chi connectivity index (χ3n) is 1.60. The van der Waals surface area contributed by atoms with Crippen molar-refractivity contribution >= 4 is 17.5 Å². The van der Waals surface area contributed by atoms with Crippen LogP contribution in [0.15, 0.2) is 24.3 Å². The van der Waals surface area contributed by atoms with Gasteiger partial charge in [0.15, 0.2) is 0 Å². The number of benzene rings is 1. The van der Waals surface area contributed by atoms with Crippen LogP contribution >= 0.6 is 0 Å². The molecule has 0 saturated heterocycles. The molecule has 0 unspecified atom stereocenters. The van der Waals surface area contributed by atoms with E-state index in [9.17, 15) is 4.79 Å². The number of anilines is 2. The molecule has 3 N–H and O–H groups in total. The number of hydrogen-bond donors (Lipinski definition) is 2. The lowest BCUT2D eigenvalue weighted by molar-refractivity contribution is 0.0636. The highest BCUT2D eigenvalue weighted by Gasteiger charge is 2.16. The first kappa shape index (κ1) is 16.3. The fourth-order valence-corrected chi connectivity index (χ4v) is 1.02. The second kappa shape index (κ2) is 7.58. The molecule has 1 amide bonds. The Balaban J connectivity index is 0.000000873. The topological polar surface area (TPSA) is 64.3 Å². The lowest BCUT2D eigenvalue weighted by Gasteiger charge is -2.20. The third-order valence-corrected chi connectivity index (χ3v) is 1.60. The number of nitrogens with two attached hydrogens (primary N) is 1. The van der Waals surface area contributed by atoms with Crippen LogP contribution in [0.3, 0.4) is 0 Å². The predicted octanol–water partition coefficient (Wildman–Crippen LogP) is 4.03. The normalized spacial score (nSPS) is 10.1. The quantitative estimate of drug-likeness (QED) is 0.741. The van der Waals surface area contributed by atoms with E-state index in [0.717, 1.165) is 0 Å². The van der Waals surface area contributed by atoms with Crippen molar-refractivity contribution in [1.29, 1.82) is 0 Å². The van der Waals surface area contributed by atoms with Crippen LogP contribution in [0.1, 0.15) is 41.0 Å². The Hall–Kier alpha value is -1.71. The van der Waals surface area contributed by atoms with Crippen molar-refractivity contribution in [3.05, 3.63) is 24.3 Å². The summed E-state index contributed by atoms with van der Waals surface area (Å²) in [4.78, 5) is 11.4. The van der Waals surface area contributed by atoms with Gasteiger partial charge in [-0.1, -0.05) is 32.4 Å². The highest BCUT2D eigenvalue weighted by atomic mass is 16.6. The number of nitrogens with one attached hydrogen (secondary N) is 1. The van der Waals surface area contributed by atoms with Crippen LogP contribution < -0.4 is 11.1 Å². The zero-order chi connectivity index (χ0) is 14.2. The SMILES string of the molecule is CC(C)(C)OC(=O)Nc1ccccc1N.CCC. The number of amides is 1. The van der Waals surface area contributed by atoms with Gasteiger partial charge in [0.05, 0.1) is 11.4 Å². The van der Waals surface area contributed by atoms with Gasteiger partial charge < -0.3 is 10.5 Å². The first-order chi connectivity index (χ1) is 8.30. The molecule has 0 heterocycles. The Morgan fingerprint density at radius 3 is 2.22 bits per heavy atom. The van der Waals surface area contributed by atoms with Gasteiger partial charge in [-0.25, -0.2) is 4.79 Å². The van der Waals surface area contributed by atoms with E-state index in [4.69, 9.17) is 10.5 Å². The summed E-state index contributed by atoms with van der Waals surface area (Å²) in [6.45, 7) is 9.67. The van der Waals surface area contributed by atoms with Crippen LogP contribution in [0.2, 0.25) is 0 Å². The van der Waals surface area contributed by atoms with Crippen LogP contribution in [0.4, 0.5) is 16.2 Å². The summed E-state index contributed by atoms with van der Waals surface area (Å²) < 4.78 is 5.09. The van der Waals surface area contributed by atoms with Crippen LogP contribution in [-0.4, -0.2) is 11.7 Å². The summed E-state index contributed by atoms with van der Waals surface area (Å²) in [6, 6.07) is 7.03. The molecule has 0 aliphatic heterocycles. The second-order valence-corrected chi connectivity index (χ2v) is 4.92. The lowest BCUT2D eigenvalue weighted by Crippen LogP contribution is -2.27. The van der Waals surface area contributed by atoms with Crippen molar-refractivity contribution in [1.82, 2.24) is 0 Å². The smallest absolute Gasteiger partial charge is 0.412 e. The number of ether oxygens (including phenoxy) is 1. The summed E-state index contributed by atoms with van der Waals surface area (Å²) in [5.41, 5.74) is 6.23. The summed E-state index contributed by atoms with van der Waals surface area (Å²) >= 11 is 0. The maximum atomic E-state index is 11.4. The molecule has 18 heavy (non-hydrogen) atoms. The molecule has 0 atom stereocenters. The fraction of sp³-hybridized carbons (Fsp3) is 0.500. The first-order valence-corrected chi connectivity index (χ1v) is 6.14. The monoisotopic (exact) mass is 252 g/mol. The van der Waals surface area contributed by atoms with E-state index in [0.29, 0.717) is 11.4 Å². The van der Waals surface area contributed by atoms with E-state index < -0.39 is 11.7 Å². The van der Waals surface area contributed by atoms with Gasteiger partial charge in [-0.3, -0.25) is 5.32 Å². The molecular weight excluding hydrogens is 228 g/mol. The van der Waals surface area contributed by atoms with E-state index in [-0.39, 0.29) is 0 Å². The number of nitrogen functional groups attached to an aromatic ring is 1. The standard InChI is InChI=1S/C11H16N2O2.C3H8/c1-11(2,3)15-10(14)13-9-7-5-4-6-8(9)12;1-3-2/h4-7H,12H2,1-3H3,(H,13,14);3H2,1-2H3. The van der Waals surface area contributed by atoms with Gasteiger partial charge in [-0.2, -0.15) is 0 Å². The van der Waals surface area contributed by atoms with Gasteiger partial charge in [0.25, 0.3) is 0 Å². The number of carbonyl (C=O) groups excluding carboxylic acids is 1. The second-order valence-electron chi connectivity index (χ2n) is 4.92. The van der Waals surface area contributed by atoms with E-state index in [2.05, 4.69) is 19.2 Å². The molecule has 0 spiro atoms. The average molecular weight is 252 g/mol. The van der Waals surface area contributed by atoms with Crippen LogP contribution in [0, 0.1) is 0 Å². The Morgan fingerprint density at radius 1 is 1.28 bits per heavy atom. The van der Waals surface area contributed by atoms with Crippen molar-refractivity contribution < 1.29 is 9.53 Å². The number of carbonyl (C=O) groups is 1. The van der Waals surface area contributed by atoms with E-state index >= 15 is 0 Å². The van der Waals surface area contributed by atoms with Crippen molar-refractivity contribution in [3.8, 4) is 0 Å². The molecule has 4 nitrogen and oxygen atoms in total. The van der Waals surface area contributed by atoms with Gasteiger partial charge in [0.1, 0.15) is 5.60 Å². The molecule has 0 aliphatic carbocycles. The minimum atomic E-state index is -0.506. The zero-order valence-electron chi connectivity index (χ0n) is 11.9. The number of para-hydroxylation sites is 2. The highest BCUT2D eigenvalue weighted by Crippen LogP contribution is 2.18. The third kappa shape index (κ3) is 7.54. The first-order valence-electron chi connectivity index (χ1n) is 6.14. The molecule has 1 rings (SSSR count). The highest BCUT2D eigenvalue weighted by molar-refractivity contribution is 5.88. The minimum absolute atomic E-state index is 0.500. The van der Waals surface area contributed by atoms with Gasteiger partial charge in [0.2, 0.25) is 0 Å². The van der Waals surface area contributed by atoms with E-state index in [1.54, 1.807) is 45.0 Å². The largest absolute Gasteiger partial charge is 0.444 e. The molecule has 1 aromatic rings. The molecule has 0 aliphatic rings. The zero-order valence-corrected chi connectivity index (χ0v) is 11.9. The van der Waals surface area contributed by atoms with Gasteiger partial charge in [0, 0.05) is 0 Å². The summed E-state index contributed by atoms with van der Waals surface area (Å²) in [5, 5.41) is 2.58. The van der Waals surface area contributed by atoms with Crippen LogP contribution in [0.25, 0.3) is 0 Å². The molecule has 0 aromatic heterocycles. The van der Waals surface area contributed by atoms with Crippen molar-refractivity contribution in [2.45, 2.75) is 46.6 Å². The van der Waals surface area contributed by atoms with E-state index in [1.807, 2.05) is 0 Å². The minimum Gasteiger partial charge on any atom is -0.444 e. The molecule has 0 bridgehead atoms. The molecule has 0 fully saturated rings. The predicted molar refractivity (Wildman–Crippen MR) is 76.7 cm³/mol. The maximum Gasteiger partial charge on any atom is 0.412 e. The van der Waals surface area contributed by atoms with Crippen molar-refractivity contribution in [2.75, 3.05) is 11.1 Å². The number of rotatable bonds is 1. The molecular formula is C14H24N2O2. The fourth-order valence-electron chi connectivity index (χ4n) is 1.02. The Labute approximate surface area is 110 Å². The lowest BCUT2D eigenvalue weighted by atomic mass is 10.2. The van der Waals surface area contributed by atoms with Gasteiger partial charge in [-0.15, -0.1) is 0 Å². The molecule has 4 heteroatoms. The van der Waals surface area contributed by atoms with Crippen LogP contribution in [-0.2, 0) is 4.74 Å². The van der Waals surface area contributed by atoms with Crippen molar-refractivity contribution in [2.24, 2.45) is 0 Å². The summed E-state index contributed by atoms with van der Waals surface area (Å²) in [7, 11) is 0. The Kier molecular flexibility index (Phi) is 6.86. The molecule has 0 saturated carbocycles. The number of hydrogen-bond acceptors (Lipinski definition) is 3. The molecule has 1 aromatic carbocycles. The average Bonchev–Trinajstić information content (AvgIpc) is 2.20. The maximum absolute atomic E-state index is 11.4. The van der Waals surface area contributed by atoms with Gasteiger partial charge >= 0.3 is 6.09 Å². The van der Waals surface area contributed by atoms with E-state index in [1.165, 1.54) is 6.42 Å². The van der Waals surface area contributed by atoms with Crippen molar-refractivity contribution in [3.63, 3.8) is 0 Å². The summed E-state index contributed by atoms with van der Waals surface area (Å²) in [5.74, 6) is 0. The summed E-state index contributed by atoms with van der Waals surface area (Å²) in [6.07, 6.45) is 0.750. The Morgan fingerprint density at radius 2 is 1.78 bits per heavy atom. The Bertz CT molecular complexity index is 370. The molecule has 0 radical (unpaired) electrons.